The number of aromatic nitrogens is 1. The van der Waals surface area contributed by atoms with Gasteiger partial charge in [0.05, 0.1) is 28.2 Å². The summed E-state index contributed by atoms with van der Waals surface area (Å²) in [6.45, 7) is 13.5. The molecule has 32 heavy (non-hydrogen) atoms. The molecule has 1 aromatic heterocycles. The lowest BCUT2D eigenvalue weighted by Crippen LogP contribution is -2.56. The van der Waals surface area contributed by atoms with Crippen LogP contribution in [-0.2, 0) is 9.59 Å². The van der Waals surface area contributed by atoms with Crippen LogP contribution < -0.4 is 10.6 Å². The molecule has 0 aliphatic carbocycles. The highest BCUT2D eigenvalue weighted by molar-refractivity contribution is 7.13. The number of hydrogen-bond acceptors (Lipinski definition) is 5. The van der Waals surface area contributed by atoms with E-state index in [2.05, 4.69) is 60.7 Å². The minimum Gasteiger partial charge on any atom is -0.348 e. The van der Waals surface area contributed by atoms with Crippen LogP contribution >= 0.6 is 11.3 Å². The molecule has 3 unspecified atom stereocenters. The molecule has 0 bridgehead atoms. The first-order valence-corrected chi connectivity index (χ1v) is 12.4. The van der Waals surface area contributed by atoms with Crippen molar-refractivity contribution in [2.45, 2.75) is 72.5 Å². The van der Waals surface area contributed by atoms with E-state index in [1.165, 1.54) is 4.88 Å². The van der Waals surface area contributed by atoms with Crippen molar-refractivity contribution < 1.29 is 9.59 Å². The number of thiazole rings is 1. The van der Waals surface area contributed by atoms with Gasteiger partial charge in [-0.1, -0.05) is 52.0 Å². The Hall–Kier alpha value is -2.25. The number of carbonyl (C=O) groups excluding carboxylic acids is 2. The molecular weight excluding hydrogens is 420 g/mol. The number of rotatable bonds is 7. The van der Waals surface area contributed by atoms with Crippen LogP contribution in [0.4, 0.5) is 0 Å². The fourth-order valence-corrected chi connectivity index (χ4v) is 5.14. The first-order valence-electron chi connectivity index (χ1n) is 11.5. The second-order valence-electron chi connectivity index (χ2n) is 9.67. The Morgan fingerprint density at radius 2 is 1.94 bits per heavy atom. The molecule has 2 N–H and O–H groups in total. The van der Waals surface area contributed by atoms with Crippen molar-refractivity contribution in [1.82, 2.24) is 20.5 Å². The van der Waals surface area contributed by atoms with E-state index in [-0.39, 0.29) is 29.3 Å². The first-order chi connectivity index (χ1) is 15.1. The van der Waals surface area contributed by atoms with Crippen LogP contribution in [0.3, 0.4) is 0 Å². The fourth-order valence-electron chi connectivity index (χ4n) is 4.33. The molecule has 0 spiro atoms. The van der Waals surface area contributed by atoms with Gasteiger partial charge in [-0.15, -0.1) is 11.3 Å². The molecule has 1 aromatic carbocycles. The second kappa shape index (κ2) is 10.1. The van der Waals surface area contributed by atoms with Gasteiger partial charge in [0, 0.05) is 6.54 Å². The summed E-state index contributed by atoms with van der Waals surface area (Å²) in [5.74, 6) is -0.0520. The number of nitrogens with one attached hydrogen (secondary N) is 2. The average molecular weight is 457 g/mol. The Morgan fingerprint density at radius 1 is 1.25 bits per heavy atom. The summed E-state index contributed by atoms with van der Waals surface area (Å²) >= 11 is 1.63. The van der Waals surface area contributed by atoms with Gasteiger partial charge in [-0.2, -0.15) is 0 Å². The van der Waals surface area contributed by atoms with Crippen molar-refractivity contribution in [2.75, 3.05) is 13.1 Å². The van der Waals surface area contributed by atoms with E-state index < -0.39 is 6.04 Å². The maximum Gasteiger partial charge on any atom is 0.243 e. The van der Waals surface area contributed by atoms with Gasteiger partial charge in [-0.25, -0.2) is 4.98 Å². The third kappa shape index (κ3) is 5.38. The number of nitrogens with zero attached hydrogens (tertiary/aromatic N) is 2. The van der Waals surface area contributed by atoms with Gasteiger partial charge < -0.3 is 15.5 Å². The van der Waals surface area contributed by atoms with Crippen molar-refractivity contribution in [1.29, 1.82) is 0 Å². The van der Waals surface area contributed by atoms with Crippen LogP contribution in [0.5, 0.6) is 0 Å². The smallest absolute Gasteiger partial charge is 0.243 e. The van der Waals surface area contributed by atoms with Crippen LogP contribution in [0, 0.1) is 12.3 Å². The number of benzene rings is 1. The van der Waals surface area contributed by atoms with E-state index in [1.54, 1.807) is 16.2 Å². The Morgan fingerprint density at radius 3 is 2.50 bits per heavy atom. The van der Waals surface area contributed by atoms with Crippen molar-refractivity contribution in [3.63, 3.8) is 0 Å². The minimum absolute atomic E-state index is 0.0222. The minimum atomic E-state index is -0.410. The normalized spacial score (nSPS) is 18.4. The van der Waals surface area contributed by atoms with Crippen LogP contribution in [0.2, 0.25) is 0 Å². The average Bonchev–Trinajstić information content (AvgIpc) is 3.40. The molecule has 3 rings (SSSR count). The van der Waals surface area contributed by atoms with E-state index in [0.29, 0.717) is 19.5 Å². The van der Waals surface area contributed by atoms with Crippen LogP contribution in [0.1, 0.15) is 64.8 Å². The summed E-state index contributed by atoms with van der Waals surface area (Å²) in [4.78, 5) is 33.7. The van der Waals surface area contributed by atoms with E-state index >= 15 is 0 Å². The predicted octanol–water partition coefficient (Wildman–Crippen LogP) is 4.31. The molecule has 2 heterocycles. The van der Waals surface area contributed by atoms with Gasteiger partial charge in [0.2, 0.25) is 11.8 Å². The lowest BCUT2D eigenvalue weighted by molar-refractivity contribution is -0.142. The quantitative estimate of drug-likeness (QED) is 0.651. The van der Waals surface area contributed by atoms with Crippen molar-refractivity contribution in [3.05, 3.63) is 41.0 Å². The monoisotopic (exact) mass is 456 g/mol. The van der Waals surface area contributed by atoms with E-state index in [1.807, 2.05) is 26.3 Å². The molecule has 0 saturated carbocycles. The first kappa shape index (κ1) is 24.4. The highest BCUT2D eigenvalue weighted by atomic mass is 32.1. The molecule has 1 aliphatic heterocycles. The maximum atomic E-state index is 13.3. The summed E-state index contributed by atoms with van der Waals surface area (Å²) < 4.78 is 0. The fraction of sp³-hybridized carbons (Fsp3) is 0.560. The van der Waals surface area contributed by atoms with Gasteiger partial charge in [-0.3, -0.25) is 9.59 Å². The van der Waals surface area contributed by atoms with Gasteiger partial charge in [0.1, 0.15) is 6.04 Å². The molecule has 1 saturated heterocycles. The standard InChI is InChI=1S/C25H36N4O2S/c1-7-26-22(25(4,5)6)24(31)29-14-8-9-20(29)23(30)28-16(2)18-10-12-19(13-11-18)21-17(3)27-15-32-21/h10-13,15-16,20,22,26H,7-9,14H2,1-6H3,(H,28,30). The summed E-state index contributed by atoms with van der Waals surface area (Å²) in [7, 11) is 0. The zero-order valence-corrected chi connectivity index (χ0v) is 20.9. The maximum absolute atomic E-state index is 13.3. The van der Waals surface area contributed by atoms with E-state index in [0.717, 1.165) is 23.2 Å². The zero-order valence-electron chi connectivity index (χ0n) is 20.1. The molecule has 1 fully saturated rings. The Bertz CT molecular complexity index is 932. The molecule has 2 aromatic rings. The highest BCUT2D eigenvalue weighted by Crippen LogP contribution is 2.29. The molecule has 3 atom stereocenters. The molecule has 174 valence electrons. The summed E-state index contributed by atoms with van der Waals surface area (Å²) in [5.41, 5.74) is 4.84. The number of amides is 2. The second-order valence-corrected chi connectivity index (χ2v) is 10.5. The molecule has 2 amide bonds. The summed E-state index contributed by atoms with van der Waals surface area (Å²) in [6, 6.07) is 7.41. The molecule has 6 nitrogen and oxygen atoms in total. The predicted molar refractivity (Wildman–Crippen MR) is 130 cm³/mol. The summed E-state index contributed by atoms with van der Waals surface area (Å²) in [5, 5.41) is 6.45. The van der Waals surface area contributed by atoms with Gasteiger partial charge in [0.15, 0.2) is 0 Å². The van der Waals surface area contributed by atoms with Crippen LogP contribution in [-0.4, -0.2) is 46.9 Å². The molecule has 0 radical (unpaired) electrons. The highest BCUT2D eigenvalue weighted by Gasteiger charge is 2.40. The largest absolute Gasteiger partial charge is 0.348 e. The Labute approximate surface area is 195 Å². The lowest BCUT2D eigenvalue weighted by Gasteiger charge is -2.35. The molecule has 7 heteroatoms. The van der Waals surface area contributed by atoms with Crippen molar-refractivity contribution in [3.8, 4) is 10.4 Å². The van der Waals surface area contributed by atoms with Gasteiger partial charge in [0.25, 0.3) is 0 Å². The zero-order chi connectivity index (χ0) is 23.5. The third-order valence-electron chi connectivity index (χ3n) is 6.14. The molecule has 1 aliphatic rings. The topological polar surface area (TPSA) is 74.3 Å². The Kier molecular flexibility index (Phi) is 7.72. The van der Waals surface area contributed by atoms with Crippen LogP contribution in [0.25, 0.3) is 10.4 Å². The van der Waals surface area contributed by atoms with Crippen LogP contribution in [0.15, 0.2) is 29.8 Å². The number of hydrogen-bond donors (Lipinski definition) is 2. The SMILES string of the molecule is CCNC(C(=O)N1CCCC1C(=O)NC(C)c1ccc(-c2scnc2C)cc1)C(C)(C)C. The number of likely N-dealkylation sites (tertiary alicyclic amines) is 1. The van der Waals surface area contributed by atoms with Gasteiger partial charge >= 0.3 is 0 Å². The number of aryl methyl sites for hydroxylation is 1. The van der Waals surface area contributed by atoms with E-state index in [9.17, 15) is 9.59 Å². The number of carbonyl (C=O) groups is 2. The van der Waals surface area contributed by atoms with Gasteiger partial charge in [-0.05, 0) is 49.8 Å². The summed E-state index contributed by atoms with van der Waals surface area (Å²) in [6.07, 6.45) is 1.56. The number of likely N-dealkylation sites (N-methyl/N-ethyl adjacent to an activating group) is 1. The van der Waals surface area contributed by atoms with E-state index in [4.69, 9.17) is 0 Å². The lowest BCUT2D eigenvalue weighted by atomic mass is 9.85. The Balaban J connectivity index is 1.67. The molecular formula is C25H36N4O2S. The third-order valence-corrected chi connectivity index (χ3v) is 7.11. The van der Waals surface area contributed by atoms with Crippen molar-refractivity contribution in [2.24, 2.45) is 5.41 Å². The van der Waals surface area contributed by atoms with Crippen molar-refractivity contribution >= 4 is 23.2 Å².